The van der Waals surface area contributed by atoms with Gasteiger partial charge in [0.25, 0.3) is 0 Å². The molecule has 1 aromatic rings. The van der Waals surface area contributed by atoms with E-state index in [0.29, 0.717) is 25.8 Å². The van der Waals surface area contributed by atoms with Gasteiger partial charge in [0.15, 0.2) is 18.9 Å². The summed E-state index contributed by atoms with van der Waals surface area (Å²) >= 11 is 0. The molecule has 0 spiro atoms. The van der Waals surface area contributed by atoms with E-state index in [1.807, 2.05) is 24.3 Å². The average molecular weight is 1340 g/mol. The van der Waals surface area contributed by atoms with Crippen molar-refractivity contribution in [1.82, 2.24) is 26.6 Å². The van der Waals surface area contributed by atoms with Gasteiger partial charge in [0, 0.05) is 84.0 Å². The van der Waals surface area contributed by atoms with E-state index in [-0.39, 0.29) is 220 Å². The highest BCUT2D eigenvalue weighted by molar-refractivity contribution is 5.99. The zero-order valence-electron chi connectivity index (χ0n) is 53.4. The van der Waals surface area contributed by atoms with Gasteiger partial charge in [-0.3, -0.25) is 24.0 Å². The number of amides is 5. The fraction of sp³-hybridized carbons (Fsp3) is 0.814. The standard InChI is InChI=1S/C59H102BN5O28/c60-93-43-4-1-41(2-5-43)3-6-49(72)61-11-19-80-24-23-79-15-10-53(76)65-59(38-84-16-7-50(73)62-12-20-81-25-28-87-54-32-42(69)31-44(35-66)90-54,39-85-17-8-51(74)63-13-21-82-26-29-88-55-33-45(70)57(77)47(36-67)91-55)40-86-18-9-52(75)64-14-22-83-27-30-89-56-34-46(71)58(78)48(37-68)92-56/h1-2,4-5,42,44-48,54-58,66-71,77-78H,3,6-40,60H2,(H,61,72)(H,62,73)(H,63,74)(H,64,75)(H,65,76). The van der Waals surface area contributed by atoms with Crippen molar-refractivity contribution >= 4 is 37.6 Å². The van der Waals surface area contributed by atoms with E-state index in [2.05, 4.69) is 26.6 Å². The normalized spacial score (nSPS) is 23.8. The van der Waals surface area contributed by atoms with Crippen LogP contribution in [0.15, 0.2) is 24.3 Å². The van der Waals surface area contributed by atoms with Gasteiger partial charge in [-0.25, -0.2) is 0 Å². The summed E-state index contributed by atoms with van der Waals surface area (Å²) in [5.41, 5.74) is -0.437. The Kier molecular flexibility index (Phi) is 42.8. The fourth-order valence-electron chi connectivity index (χ4n) is 9.37. The van der Waals surface area contributed by atoms with Crippen LogP contribution in [0.25, 0.3) is 0 Å². The predicted octanol–water partition coefficient (Wildman–Crippen LogP) is -5.87. The molecule has 13 N–H and O–H groups in total. The summed E-state index contributed by atoms with van der Waals surface area (Å²) in [5.74, 6) is -1.00. The van der Waals surface area contributed by atoms with Crippen LogP contribution in [0.4, 0.5) is 0 Å². The molecule has 3 fully saturated rings. The molecule has 3 saturated heterocycles. The van der Waals surface area contributed by atoms with Crippen LogP contribution < -0.4 is 31.2 Å². The third kappa shape index (κ3) is 35.9. The molecule has 4 rings (SSSR count). The minimum Gasteiger partial charge on any atom is -0.568 e. The van der Waals surface area contributed by atoms with Crippen LogP contribution in [0.1, 0.15) is 63.4 Å². The molecule has 11 unspecified atom stereocenters. The van der Waals surface area contributed by atoms with E-state index in [9.17, 15) is 64.8 Å². The zero-order chi connectivity index (χ0) is 67.3. The van der Waals surface area contributed by atoms with Gasteiger partial charge < -0.3 is 138 Å². The molecule has 3 aliphatic rings. The average Bonchev–Trinajstić information content (AvgIpc) is 1.12. The first-order valence-corrected chi connectivity index (χ1v) is 31.7. The number of aliphatic hydroxyl groups is 8. The zero-order valence-corrected chi connectivity index (χ0v) is 53.4. The Balaban J connectivity index is 1.26. The molecule has 534 valence electrons. The summed E-state index contributed by atoms with van der Waals surface area (Å²) in [6.07, 6.45) is -9.18. The maximum absolute atomic E-state index is 13.7. The van der Waals surface area contributed by atoms with Gasteiger partial charge in [-0.1, -0.05) is 12.1 Å². The second kappa shape index (κ2) is 49.1. The number of aryl methyl sites for hydroxylation is 1. The van der Waals surface area contributed by atoms with Crippen molar-refractivity contribution in [2.24, 2.45) is 0 Å². The van der Waals surface area contributed by atoms with Gasteiger partial charge in [0.05, 0.1) is 176 Å². The lowest BCUT2D eigenvalue weighted by Crippen LogP contribution is -2.59. The van der Waals surface area contributed by atoms with Crippen molar-refractivity contribution in [3.05, 3.63) is 29.8 Å². The molecule has 0 saturated carbocycles. The second-order valence-electron chi connectivity index (χ2n) is 22.1. The summed E-state index contributed by atoms with van der Waals surface area (Å²) in [5, 5.41) is 92.0. The van der Waals surface area contributed by atoms with Gasteiger partial charge in [0.2, 0.25) is 29.5 Å². The van der Waals surface area contributed by atoms with Crippen LogP contribution in [0.3, 0.4) is 0 Å². The summed E-state index contributed by atoms with van der Waals surface area (Å²) in [6, 6.07) is 7.49. The topological polar surface area (TPSA) is 446 Å². The third-order valence-corrected chi connectivity index (χ3v) is 14.5. The number of ether oxygens (including phenoxy) is 14. The number of carbonyl (C=O) groups is 5. The molecule has 93 heavy (non-hydrogen) atoms. The molecule has 1 aromatic carbocycles. The van der Waals surface area contributed by atoms with Gasteiger partial charge in [-0.2, -0.15) is 0 Å². The lowest BCUT2D eigenvalue weighted by atomic mass is 10.0. The summed E-state index contributed by atoms with van der Waals surface area (Å²) in [6.45, 7) is 0.0933. The van der Waals surface area contributed by atoms with Gasteiger partial charge in [-0.05, 0) is 24.1 Å². The molecule has 34 heteroatoms. The van der Waals surface area contributed by atoms with Crippen molar-refractivity contribution in [2.45, 2.75) is 137 Å². The lowest BCUT2D eigenvalue weighted by Gasteiger charge is -2.36. The van der Waals surface area contributed by atoms with Crippen LogP contribution in [-0.4, -0.2) is 323 Å². The Labute approximate surface area is 543 Å². The Bertz CT molecular complexity index is 2110. The number of hydrogen-bond acceptors (Lipinski definition) is 28. The number of benzene rings is 1. The van der Waals surface area contributed by atoms with E-state index in [0.717, 1.165) is 11.3 Å². The van der Waals surface area contributed by atoms with E-state index in [1.54, 1.807) is 8.05 Å². The van der Waals surface area contributed by atoms with Crippen LogP contribution >= 0.6 is 0 Å². The number of aliphatic hydroxyl groups excluding tert-OH is 8. The summed E-state index contributed by atoms with van der Waals surface area (Å²) in [4.78, 5) is 64.7. The first-order valence-electron chi connectivity index (χ1n) is 31.7. The molecule has 3 heterocycles. The molecule has 0 aliphatic carbocycles. The van der Waals surface area contributed by atoms with Crippen molar-refractivity contribution in [2.75, 3.05) is 172 Å². The minimum atomic E-state index is -1.44. The van der Waals surface area contributed by atoms with Gasteiger partial charge >= 0.3 is 8.05 Å². The molecule has 5 amide bonds. The van der Waals surface area contributed by atoms with E-state index < -0.39 is 92.4 Å². The smallest absolute Gasteiger partial charge is 0.322 e. The van der Waals surface area contributed by atoms with Crippen molar-refractivity contribution in [3.63, 3.8) is 0 Å². The maximum atomic E-state index is 13.7. The molecule has 0 bridgehead atoms. The number of carbonyl (C=O) groups excluding carboxylic acids is 5. The van der Waals surface area contributed by atoms with Crippen molar-refractivity contribution in [1.29, 1.82) is 0 Å². The molecule has 11 atom stereocenters. The molecular weight excluding hydrogens is 1240 g/mol. The van der Waals surface area contributed by atoms with E-state index in [1.165, 1.54) is 0 Å². The van der Waals surface area contributed by atoms with E-state index >= 15 is 0 Å². The van der Waals surface area contributed by atoms with Crippen LogP contribution in [0.5, 0.6) is 5.75 Å². The SMILES string of the molecule is BOc1ccc(CCC(=O)NCCOCCOCCC(=O)NC(COCCC(=O)NCCOCCOC2CC(O)CC(CO)O2)(COCCC(=O)NCCOCCOC2CC(O)C(O)C(CO)O2)COCCC(=O)NCCOCCOC2CC(O)C(O)C(CO)O2)cc1. The van der Waals surface area contributed by atoms with Crippen molar-refractivity contribution in [3.8, 4) is 5.75 Å². The highest BCUT2D eigenvalue weighted by atomic mass is 16.7. The van der Waals surface area contributed by atoms with Gasteiger partial charge in [0.1, 0.15) is 30.0 Å². The highest BCUT2D eigenvalue weighted by Gasteiger charge is 2.39. The molecule has 0 radical (unpaired) electrons. The highest BCUT2D eigenvalue weighted by Crippen LogP contribution is 2.23. The second-order valence-corrected chi connectivity index (χ2v) is 22.1. The first-order chi connectivity index (χ1) is 45.0. The minimum absolute atomic E-state index is 0.00982. The van der Waals surface area contributed by atoms with Crippen LogP contribution in [0.2, 0.25) is 0 Å². The van der Waals surface area contributed by atoms with Gasteiger partial charge in [-0.15, -0.1) is 0 Å². The molecule has 3 aliphatic heterocycles. The molecular formula is C59H102BN5O28. The Hall–Kier alpha value is -4.45. The Morgan fingerprint density at radius 1 is 0.441 bits per heavy atom. The van der Waals surface area contributed by atoms with E-state index in [4.69, 9.17) is 71.0 Å². The van der Waals surface area contributed by atoms with Crippen molar-refractivity contribution < 1.29 is 136 Å². The Morgan fingerprint density at radius 3 is 1.23 bits per heavy atom. The first kappa shape index (κ1) is 81.0. The number of nitrogens with one attached hydrogen (secondary N) is 5. The lowest BCUT2D eigenvalue weighted by molar-refractivity contribution is -0.258. The fourth-order valence-corrected chi connectivity index (χ4v) is 9.37. The monoisotopic (exact) mass is 1340 g/mol. The summed E-state index contributed by atoms with van der Waals surface area (Å²) in [7, 11) is 1.59. The summed E-state index contributed by atoms with van der Waals surface area (Å²) < 4.78 is 84.3. The number of hydrogen-bond donors (Lipinski definition) is 13. The number of rotatable bonds is 53. The van der Waals surface area contributed by atoms with Crippen LogP contribution in [-0.2, 0) is 96.7 Å². The Morgan fingerprint density at radius 2 is 0.817 bits per heavy atom. The quantitative estimate of drug-likeness (QED) is 0.0213. The van der Waals surface area contributed by atoms with Crippen LogP contribution in [0, 0.1) is 0 Å². The maximum Gasteiger partial charge on any atom is 0.322 e. The molecule has 0 aromatic heterocycles. The third-order valence-electron chi connectivity index (χ3n) is 14.5. The largest absolute Gasteiger partial charge is 0.568 e. The predicted molar refractivity (Wildman–Crippen MR) is 325 cm³/mol. The molecule has 33 nitrogen and oxygen atoms in total.